The van der Waals surface area contributed by atoms with Crippen LogP contribution in [0.2, 0.25) is 0 Å². The Morgan fingerprint density at radius 3 is 2.60 bits per heavy atom. The largest absolute Gasteiger partial charge is 0.480 e. The first kappa shape index (κ1) is 17.1. The van der Waals surface area contributed by atoms with E-state index in [1.165, 1.54) is 16.7 Å². The van der Waals surface area contributed by atoms with Crippen LogP contribution in [0.15, 0.2) is 0 Å². The van der Waals surface area contributed by atoms with Crippen molar-refractivity contribution in [2.45, 2.75) is 38.6 Å². The summed E-state index contributed by atoms with van der Waals surface area (Å²) in [5.74, 6) is -0.469. The van der Waals surface area contributed by atoms with Gasteiger partial charge in [0, 0.05) is 12.3 Å². The maximum atomic E-state index is 12.1. The lowest BCUT2D eigenvalue weighted by molar-refractivity contribution is -0.141. The number of nitrogens with one attached hydrogen (secondary N) is 1. The van der Waals surface area contributed by atoms with Gasteiger partial charge >= 0.3 is 12.0 Å². The van der Waals surface area contributed by atoms with E-state index < -0.39 is 12.0 Å². The number of amides is 2. The Labute approximate surface area is 124 Å². The number of carbonyl (C=O) groups is 2. The minimum absolute atomic E-state index is 0.0844. The molecule has 2 atom stereocenters. The zero-order chi connectivity index (χ0) is 15.1. The molecule has 1 rings (SSSR count). The van der Waals surface area contributed by atoms with Crippen molar-refractivity contribution in [1.82, 2.24) is 15.1 Å². The Bertz CT molecular complexity index is 337. The SMILES string of the molecule is CCN(CC)CCCNC(=O)N1C(C)SCC1C(=O)O. The van der Waals surface area contributed by atoms with E-state index in [1.807, 2.05) is 6.92 Å². The molecule has 0 aromatic carbocycles. The van der Waals surface area contributed by atoms with Crippen molar-refractivity contribution in [3.63, 3.8) is 0 Å². The molecule has 116 valence electrons. The zero-order valence-corrected chi connectivity index (χ0v) is 13.3. The Morgan fingerprint density at radius 1 is 1.40 bits per heavy atom. The molecule has 0 spiro atoms. The first-order valence-corrected chi connectivity index (χ1v) is 8.19. The lowest BCUT2D eigenvalue weighted by Gasteiger charge is -2.25. The van der Waals surface area contributed by atoms with Gasteiger partial charge in [0.2, 0.25) is 0 Å². The van der Waals surface area contributed by atoms with E-state index in [1.54, 1.807) is 0 Å². The molecular formula is C13H25N3O3S. The van der Waals surface area contributed by atoms with E-state index in [-0.39, 0.29) is 11.4 Å². The summed E-state index contributed by atoms with van der Waals surface area (Å²) in [6.45, 7) is 9.63. The number of carbonyl (C=O) groups excluding carboxylic acids is 1. The molecule has 0 aliphatic carbocycles. The summed E-state index contributed by atoms with van der Waals surface area (Å²) in [6.07, 6.45) is 0.876. The fourth-order valence-electron chi connectivity index (χ4n) is 2.27. The van der Waals surface area contributed by atoms with Crippen molar-refractivity contribution >= 4 is 23.8 Å². The second-order valence-electron chi connectivity index (χ2n) is 4.81. The Hall–Kier alpha value is -0.950. The van der Waals surface area contributed by atoms with Crippen LogP contribution in [0.4, 0.5) is 4.79 Å². The molecule has 1 aliphatic heterocycles. The molecule has 0 bridgehead atoms. The molecule has 1 heterocycles. The van der Waals surface area contributed by atoms with Gasteiger partial charge in [0.1, 0.15) is 6.04 Å². The molecule has 2 N–H and O–H groups in total. The highest BCUT2D eigenvalue weighted by Crippen LogP contribution is 2.28. The third kappa shape index (κ3) is 4.56. The van der Waals surface area contributed by atoms with Crippen LogP contribution in [0.5, 0.6) is 0 Å². The predicted molar refractivity (Wildman–Crippen MR) is 81.0 cm³/mol. The van der Waals surface area contributed by atoms with E-state index in [9.17, 15) is 9.59 Å². The smallest absolute Gasteiger partial charge is 0.327 e. The normalized spacial score (nSPS) is 22.3. The third-order valence-corrected chi connectivity index (χ3v) is 4.78. The van der Waals surface area contributed by atoms with Crippen LogP contribution in [0.1, 0.15) is 27.2 Å². The molecule has 0 aromatic rings. The quantitative estimate of drug-likeness (QED) is 0.693. The first-order valence-electron chi connectivity index (χ1n) is 7.14. The maximum Gasteiger partial charge on any atom is 0.327 e. The van der Waals surface area contributed by atoms with E-state index in [0.29, 0.717) is 12.3 Å². The Balaban J connectivity index is 2.36. The number of carboxylic acid groups (broad SMARTS) is 1. The lowest BCUT2D eigenvalue weighted by atomic mass is 10.3. The van der Waals surface area contributed by atoms with Crippen LogP contribution < -0.4 is 5.32 Å². The number of hydrogen-bond donors (Lipinski definition) is 2. The van der Waals surface area contributed by atoms with Crippen molar-refractivity contribution in [3.8, 4) is 0 Å². The second kappa shape index (κ2) is 8.36. The Kier molecular flexibility index (Phi) is 7.15. The fourth-order valence-corrected chi connectivity index (χ4v) is 3.44. The summed E-state index contributed by atoms with van der Waals surface area (Å²) < 4.78 is 0. The van der Waals surface area contributed by atoms with E-state index in [2.05, 4.69) is 24.1 Å². The molecule has 0 saturated carbocycles. The van der Waals surface area contributed by atoms with Crippen molar-refractivity contribution in [2.24, 2.45) is 0 Å². The molecule has 20 heavy (non-hydrogen) atoms. The minimum atomic E-state index is -0.930. The highest BCUT2D eigenvalue weighted by Gasteiger charge is 2.39. The number of aliphatic carboxylic acids is 1. The molecule has 1 aliphatic rings. The molecule has 2 amide bonds. The van der Waals surface area contributed by atoms with Gasteiger partial charge in [-0.15, -0.1) is 11.8 Å². The van der Waals surface area contributed by atoms with Crippen LogP contribution in [0.3, 0.4) is 0 Å². The standard InChI is InChI=1S/C13H25N3O3S/c1-4-15(5-2)8-6-7-14-13(19)16-10(3)20-9-11(16)12(17)18/h10-11H,4-9H2,1-3H3,(H,14,19)(H,17,18). The number of hydrogen-bond acceptors (Lipinski definition) is 4. The number of thioether (sulfide) groups is 1. The number of urea groups is 1. The minimum Gasteiger partial charge on any atom is -0.480 e. The summed E-state index contributed by atoms with van der Waals surface area (Å²) in [4.78, 5) is 26.9. The summed E-state index contributed by atoms with van der Waals surface area (Å²) in [6, 6.07) is -0.979. The summed E-state index contributed by atoms with van der Waals surface area (Å²) in [5.41, 5.74) is 0. The van der Waals surface area contributed by atoms with Gasteiger partial charge in [-0.3, -0.25) is 4.90 Å². The predicted octanol–water partition coefficient (Wildman–Crippen LogP) is 1.28. The highest BCUT2D eigenvalue weighted by molar-refractivity contribution is 8.00. The van der Waals surface area contributed by atoms with E-state index >= 15 is 0 Å². The first-order chi connectivity index (χ1) is 9.51. The molecule has 6 nitrogen and oxygen atoms in total. The van der Waals surface area contributed by atoms with Gasteiger partial charge in [0.05, 0.1) is 5.37 Å². The third-order valence-electron chi connectivity index (χ3n) is 3.56. The van der Waals surface area contributed by atoms with Gasteiger partial charge in [0.25, 0.3) is 0 Å². The number of rotatable bonds is 7. The summed E-state index contributed by atoms with van der Waals surface area (Å²) in [5, 5.41) is 11.9. The van der Waals surface area contributed by atoms with Gasteiger partial charge in [0.15, 0.2) is 0 Å². The molecule has 1 saturated heterocycles. The van der Waals surface area contributed by atoms with Crippen LogP contribution in [-0.4, -0.2) is 70.3 Å². The molecule has 7 heteroatoms. The monoisotopic (exact) mass is 303 g/mol. The van der Waals surface area contributed by atoms with Crippen molar-refractivity contribution in [1.29, 1.82) is 0 Å². The van der Waals surface area contributed by atoms with Gasteiger partial charge < -0.3 is 15.3 Å². The zero-order valence-electron chi connectivity index (χ0n) is 12.5. The van der Waals surface area contributed by atoms with Crippen LogP contribution in [0, 0.1) is 0 Å². The average Bonchev–Trinajstić information content (AvgIpc) is 2.81. The van der Waals surface area contributed by atoms with Crippen molar-refractivity contribution in [2.75, 3.05) is 31.9 Å². The molecule has 1 fully saturated rings. The van der Waals surface area contributed by atoms with Gasteiger partial charge in [-0.1, -0.05) is 13.8 Å². The molecule has 2 unspecified atom stereocenters. The summed E-state index contributed by atoms with van der Waals surface area (Å²) in [7, 11) is 0. The maximum absolute atomic E-state index is 12.1. The van der Waals surface area contributed by atoms with Gasteiger partial charge in [-0.05, 0) is 33.0 Å². The number of nitrogens with zero attached hydrogens (tertiary/aromatic N) is 2. The van der Waals surface area contributed by atoms with Crippen LogP contribution in [-0.2, 0) is 4.79 Å². The Morgan fingerprint density at radius 2 is 2.05 bits per heavy atom. The van der Waals surface area contributed by atoms with Gasteiger partial charge in [-0.2, -0.15) is 0 Å². The average molecular weight is 303 g/mol. The molecular weight excluding hydrogens is 278 g/mol. The number of carboxylic acids is 1. The van der Waals surface area contributed by atoms with E-state index in [0.717, 1.165) is 26.1 Å². The van der Waals surface area contributed by atoms with Crippen LogP contribution >= 0.6 is 11.8 Å². The molecule has 0 aromatic heterocycles. The fraction of sp³-hybridized carbons (Fsp3) is 0.846. The molecule has 0 radical (unpaired) electrons. The summed E-state index contributed by atoms with van der Waals surface area (Å²) >= 11 is 1.50. The van der Waals surface area contributed by atoms with Crippen molar-refractivity contribution < 1.29 is 14.7 Å². The highest BCUT2D eigenvalue weighted by atomic mass is 32.2. The lowest BCUT2D eigenvalue weighted by Crippen LogP contribution is -2.49. The van der Waals surface area contributed by atoms with Crippen molar-refractivity contribution in [3.05, 3.63) is 0 Å². The van der Waals surface area contributed by atoms with Gasteiger partial charge in [-0.25, -0.2) is 9.59 Å². The van der Waals surface area contributed by atoms with E-state index in [4.69, 9.17) is 5.11 Å². The second-order valence-corrected chi connectivity index (χ2v) is 6.16. The topological polar surface area (TPSA) is 72.9 Å². The van der Waals surface area contributed by atoms with Crippen LogP contribution in [0.25, 0.3) is 0 Å².